The molecule has 2 rings (SSSR count). The van der Waals surface area contributed by atoms with Crippen molar-refractivity contribution in [1.29, 1.82) is 0 Å². The molecule has 0 unspecified atom stereocenters. The number of hydrogen-bond donors (Lipinski definition) is 3. The fourth-order valence-corrected chi connectivity index (χ4v) is 4.12. The SMILES string of the molecule is CS(=O)(=O)Nc1ccc(S(=O)(=O)NCCCN2CCNCC2)cc1F.Cl.Cl. The lowest BCUT2D eigenvalue weighted by Gasteiger charge is -2.27. The molecular weight excluding hydrogens is 442 g/mol. The summed E-state index contributed by atoms with van der Waals surface area (Å²) in [6, 6.07) is 3.05. The molecule has 0 atom stereocenters. The third kappa shape index (κ3) is 8.90. The van der Waals surface area contributed by atoms with Crippen LogP contribution in [0.15, 0.2) is 23.1 Å². The molecular formula is C14H25Cl2FN4O4S2. The van der Waals surface area contributed by atoms with Crippen LogP contribution in [0.4, 0.5) is 10.1 Å². The van der Waals surface area contributed by atoms with Crippen molar-refractivity contribution < 1.29 is 21.2 Å². The van der Waals surface area contributed by atoms with E-state index >= 15 is 0 Å². The van der Waals surface area contributed by atoms with Crippen molar-refractivity contribution in [3.63, 3.8) is 0 Å². The summed E-state index contributed by atoms with van der Waals surface area (Å²) in [5.74, 6) is -0.950. The Bertz CT molecular complexity index is 803. The predicted octanol–water partition coefficient (Wildman–Crippen LogP) is 0.614. The predicted molar refractivity (Wildman–Crippen MR) is 108 cm³/mol. The topological polar surface area (TPSA) is 108 Å². The van der Waals surface area contributed by atoms with E-state index in [9.17, 15) is 21.2 Å². The second kappa shape index (κ2) is 11.3. The lowest BCUT2D eigenvalue weighted by atomic mass is 10.3. The van der Waals surface area contributed by atoms with E-state index in [-0.39, 0.29) is 41.9 Å². The van der Waals surface area contributed by atoms with Gasteiger partial charge in [-0.2, -0.15) is 0 Å². The maximum Gasteiger partial charge on any atom is 0.240 e. The highest BCUT2D eigenvalue weighted by atomic mass is 35.5. The van der Waals surface area contributed by atoms with Crippen LogP contribution in [0.5, 0.6) is 0 Å². The Kier molecular flexibility index (Phi) is 11.1. The van der Waals surface area contributed by atoms with E-state index in [0.29, 0.717) is 6.42 Å². The number of piperazine rings is 1. The summed E-state index contributed by atoms with van der Waals surface area (Å²) in [7, 11) is -7.48. The number of halogens is 3. The summed E-state index contributed by atoms with van der Waals surface area (Å²) in [6.45, 7) is 4.77. The average Bonchev–Trinajstić information content (AvgIpc) is 2.53. The second-order valence-corrected chi connectivity index (χ2v) is 9.37. The fourth-order valence-electron chi connectivity index (χ4n) is 2.47. The molecule has 1 saturated heterocycles. The normalized spacial score (nSPS) is 15.5. The Morgan fingerprint density at radius 1 is 1.15 bits per heavy atom. The highest BCUT2D eigenvalue weighted by Crippen LogP contribution is 2.19. The zero-order valence-corrected chi connectivity index (χ0v) is 18.0. The lowest BCUT2D eigenvalue weighted by molar-refractivity contribution is 0.239. The van der Waals surface area contributed by atoms with Crippen LogP contribution < -0.4 is 14.8 Å². The molecule has 0 saturated carbocycles. The summed E-state index contributed by atoms with van der Waals surface area (Å²) >= 11 is 0. The second-order valence-electron chi connectivity index (χ2n) is 5.86. The number of benzene rings is 1. The van der Waals surface area contributed by atoms with E-state index in [1.165, 1.54) is 0 Å². The van der Waals surface area contributed by atoms with Crippen molar-refractivity contribution in [3.8, 4) is 0 Å². The Morgan fingerprint density at radius 2 is 1.78 bits per heavy atom. The van der Waals surface area contributed by atoms with Crippen molar-refractivity contribution in [2.24, 2.45) is 0 Å². The molecule has 13 heteroatoms. The summed E-state index contributed by atoms with van der Waals surface area (Å²) in [6.07, 6.45) is 1.53. The number of anilines is 1. The molecule has 0 bridgehead atoms. The Hall–Kier alpha value is -0.690. The van der Waals surface area contributed by atoms with E-state index in [2.05, 4.69) is 14.9 Å². The fraction of sp³-hybridized carbons (Fsp3) is 0.571. The molecule has 158 valence electrons. The van der Waals surface area contributed by atoms with Gasteiger partial charge >= 0.3 is 0 Å². The zero-order chi connectivity index (χ0) is 18.5. The van der Waals surface area contributed by atoms with Crippen LogP contribution in [0.3, 0.4) is 0 Å². The molecule has 1 aliphatic rings. The van der Waals surface area contributed by atoms with Crippen molar-refractivity contribution in [3.05, 3.63) is 24.0 Å². The minimum atomic E-state index is -3.84. The first-order chi connectivity index (χ1) is 11.7. The highest BCUT2D eigenvalue weighted by molar-refractivity contribution is 7.92. The number of hydrogen-bond acceptors (Lipinski definition) is 6. The van der Waals surface area contributed by atoms with E-state index in [1.807, 2.05) is 4.72 Å². The summed E-state index contributed by atoms with van der Waals surface area (Å²) in [5, 5.41) is 3.24. The van der Waals surface area contributed by atoms with E-state index in [4.69, 9.17) is 0 Å². The van der Waals surface area contributed by atoms with Crippen LogP contribution in [0, 0.1) is 5.82 Å². The molecule has 0 aromatic heterocycles. The minimum Gasteiger partial charge on any atom is -0.314 e. The Morgan fingerprint density at radius 3 is 2.33 bits per heavy atom. The summed E-state index contributed by atoms with van der Waals surface area (Å²) < 4.78 is 65.0. The van der Waals surface area contributed by atoms with Gasteiger partial charge in [0, 0.05) is 32.7 Å². The van der Waals surface area contributed by atoms with Gasteiger partial charge in [-0.25, -0.2) is 25.9 Å². The molecule has 0 spiro atoms. The molecule has 3 N–H and O–H groups in total. The summed E-state index contributed by atoms with van der Waals surface area (Å²) in [5.41, 5.74) is -0.292. The molecule has 1 aliphatic heterocycles. The van der Waals surface area contributed by atoms with Gasteiger partial charge in [0.2, 0.25) is 20.0 Å². The third-order valence-electron chi connectivity index (χ3n) is 3.70. The molecule has 0 radical (unpaired) electrons. The molecule has 1 aromatic rings. The molecule has 1 aromatic carbocycles. The van der Waals surface area contributed by atoms with Crippen LogP contribution in [-0.4, -0.2) is 67.3 Å². The van der Waals surface area contributed by atoms with Crippen LogP contribution >= 0.6 is 24.8 Å². The van der Waals surface area contributed by atoms with E-state index < -0.39 is 25.9 Å². The first-order valence-corrected chi connectivity index (χ1v) is 11.2. The van der Waals surface area contributed by atoms with Gasteiger partial charge in [-0.3, -0.25) is 4.72 Å². The van der Waals surface area contributed by atoms with Crippen molar-refractivity contribution in [1.82, 2.24) is 14.9 Å². The lowest BCUT2D eigenvalue weighted by Crippen LogP contribution is -2.44. The minimum absolute atomic E-state index is 0. The largest absolute Gasteiger partial charge is 0.314 e. The van der Waals surface area contributed by atoms with Crippen molar-refractivity contribution in [2.45, 2.75) is 11.3 Å². The third-order valence-corrected chi connectivity index (χ3v) is 5.75. The van der Waals surface area contributed by atoms with Gasteiger partial charge in [0.05, 0.1) is 16.8 Å². The molecule has 0 aliphatic carbocycles. The van der Waals surface area contributed by atoms with E-state index in [0.717, 1.165) is 57.2 Å². The first kappa shape index (κ1) is 26.3. The van der Waals surface area contributed by atoms with Gasteiger partial charge in [-0.1, -0.05) is 0 Å². The Labute approximate surface area is 172 Å². The molecule has 8 nitrogen and oxygen atoms in total. The monoisotopic (exact) mass is 466 g/mol. The van der Waals surface area contributed by atoms with Crippen LogP contribution in [0.25, 0.3) is 0 Å². The quantitative estimate of drug-likeness (QED) is 0.484. The van der Waals surface area contributed by atoms with Gasteiger partial charge in [0.25, 0.3) is 0 Å². The molecule has 1 heterocycles. The van der Waals surface area contributed by atoms with Gasteiger partial charge < -0.3 is 10.2 Å². The standard InChI is InChI=1S/C14H23FN4O4S2.2ClH/c1-24(20,21)18-14-4-3-12(11-13(14)15)25(22,23)17-5-2-8-19-9-6-16-7-10-19;;/h3-4,11,16-18H,2,5-10H2,1H3;2*1H. The first-order valence-electron chi connectivity index (χ1n) is 7.87. The zero-order valence-electron chi connectivity index (χ0n) is 14.8. The maximum atomic E-state index is 13.9. The highest BCUT2D eigenvalue weighted by Gasteiger charge is 2.17. The number of rotatable bonds is 8. The number of sulfonamides is 2. The Balaban J connectivity index is 0.00000338. The smallest absolute Gasteiger partial charge is 0.240 e. The maximum absolute atomic E-state index is 13.9. The van der Waals surface area contributed by atoms with Crippen molar-refractivity contribution >= 4 is 50.5 Å². The molecule has 1 fully saturated rings. The average molecular weight is 467 g/mol. The van der Waals surface area contributed by atoms with Crippen LogP contribution in [0.2, 0.25) is 0 Å². The summed E-state index contributed by atoms with van der Waals surface area (Å²) in [4.78, 5) is 2.00. The molecule has 0 amide bonds. The van der Waals surface area contributed by atoms with Crippen LogP contribution in [-0.2, 0) is 20.0 Å². The van der Waals surface area contributed by atoms with Crippen LogP contribution in [0.1, 0.15) is 6.42 Å². The van der Waals surface area contributed by atoms with E-state index in [1.54, 1.807) is 0 Å². The van der Waals surface area contributed by atoms with Crippen molar-refractivity contribution in [2.75, 3.05) is 50.2 Å². The van der Waals surface area contributed by atoms with Gasteiger partial charge in [-0.05, 0) is 31.2 Å². The number of nitrogens with zero attached hydrogens (tertiary/aromatic N) is 1. The van der Waals surface area contributed by atoms with Gasteiger partial charge in [-0.15, -0.1) is 24.8 Å². The number of nitrogens with one attached hydrogen (secondary N) is 3. The molecule has 27 heavy (non-hydrogen) atoms. The van der Waals surface area contributed by atoms with Gasteiger partial charge in [0.1, 0.15) is 5.82 Å². The van der Waals surface area contributed by atoms with Gasteiger partial charge in [0.15, 0.2) is 0 Å².